The third-order valence-corrected chi connectivity index (χ3v) is 4.95. The molecule has 1 aliphatic heterocycles. The molecule has 28 heavy (non-hydrogen) atoms. The van der Waals surface area contributed by atoms with Gasteiger partial charge in [-0.25, -0.2) is 9.79 Å². The Hall–Kier alpha value is -1.97. The summed E-state index contributed by atoms with van der Waals surface area (Å²) in [6.45, 7) is 10.0. The third kappa shape index (κ3) is 6.88. The van der Waals surface area contributed by atoms with Crippen LogP contribution in [0.3, 0.4) is 0 Å². The summed E-state index contributed by atoms with van der Waals surface area (Å²) in [4.78, 5) is 18.4. The van der Waals surface area contributed by atoms with Crippen molar-refractivity contribution in [2.75, 3.05) is 31.6 Å². The maximum Gasteiger partial charge on any atom is 0.410 e. The fourth-order valence-corrected chi connectivity index (χ4v) is 2.99. The van der Waals surface area contributed by atoms with Gasteiger partial charge in [-0.05, 0) is 46.1 Å². The molecule has 1 fully saturated rings. The fourth-order valence-electron chi connectivity index (χ4n) is 2.55. The average Bonchev–Trinajstić information content (AvgIpc) is 2.88. The normalized spacial score (nSPS) is 15.4. The van der Waals surface area contributed by atoms with E-state index in [1.165, 1.54) is 0 Å². The van der Waals surface area contributed by atoms with Crippen LogP contribution < -0.4 is 10.6 Å². The smallest absolute Gasteiger partial charge is 0.410 e. The van der Waals surface area contributed by atoms with Crippen LogP contribution in [-0.4, -0.2) is 75.0 Å². The lowest BCUT2D eigenvalue weighted by Crippen LogP contribution is -2.63. The number of carbonyl (C=O) groups is 1. The van der Waals surface area contributed by atoms with E-state index in [1.54, 1.807) is 4.90 Å². The first-order valence-electron chi connectivity index (χ1n) is 9.56. The molecule has 158 valence electrons. The molecule has 0 saturated carbocycles. The van der Waals surface area contributed by atoms with Gasteiger partial charge in [0.2, 0.25) is 0 Å². The van der Waals surface area contributed by atoms with Gasteiger partial charge in [-0.2, -0.15) is 11.8 Å². The number of hydrogen-bond donors (Lipinski definition) is 2. The number of amides is 1. The van der Waals surface area contributed by atoms with Gasteiger partial charge < -0.3 is 24.8 Å². The maximum absolute atomic E-state index is 12.1. The second kappa shape index (κ2) is 9.99. The molecule has 1 aromatic heterocycles. The summed E-state index contributed by atoms with van der Waals surface area (Å²) in [5.41, 5.74) is -0.477. The maximum atomic E-state index is 12.1. The number of nitrogens with zero attached hydrogens (tertiary/aromatic N) is 5. The third-order valence-electron chi connectivity index (χ3n) is 4.25. The highest BCUT2D eigenvalue weighted by molar-refractivity contribution is 7.98. The van der Waals surface area contributed by atoms with Crippen LogP contribution >= 0.6 is 11.8 Å². The monoisotopic (exact) mass is 411 g/mol. The Morgan fingerprint density at radius 2 is 2.07 bits per heavy atom. The molecule has 0 spiro atoms. The summed E-state index contributed by atoms with van der Waals surface area (Å²) in [6, 6.07) is 0.153. The number of rotatable bonds is 7. The first kappa shape index (κ1) is 22.3. The topological polar surface area (TPSA) is 96.7 Å². The van der Waals surface area contributed by atoms with Crippen LogP contribution in [0.25, 0.3) is 0 Å². The van der Waals surface area contributed by atoms with Gasteiger partial charge >= 0.3 is 6.09 Å². The van der Waals surface area contributed by atoms with E-state index >= 15 is 0 Å². The number of guanidine groups is 1. The van der Waals surface area contributed by atoms with Crippen molar-refractivity contribution >= 4 is 23.8 Å². The fraction of sp³-hybridized carbons (Fsp3) is 0.778. The standard InChI is InChI=1S/C18H33N7O2S/c1-13-22-23-15(24(13)5)10-20-16(19-8-7-9-28-6)21-14-11-25(12-14)17(26)27-18(2,3)4/h14H,7-12H2,1-6H3,(H2,19,20,21). The molecular weight excluding hydrogens is 378 g/mol. The van der Waals surface area contributed by atoms with E-state index in [2.05, 4.69) is 32.1 Å². The SMILES string of the molecule is CSCCCNC(=NCc1nnc(C)n1C)NC1CN(C(=O)OC(C)(C)C)C1. The summed E-state index contributed by atoms with van der Waals surface area (Å²) in [5, 5.41) is 15.0. The molecule has 2 heterocycles. The van der Waals surface area contributed by atoms with Gasteiger partial charge in [0.05, 0.1) is 6.04 Å². The molecule has 2 N–H and O–H groups in total. The molecule has 0 unspecified atom stereocenters. The Bertz CT molecular complexity index is 678. The number of thioether (sulfide) groups is 1. The number of nitrogens with one attached hydrogen (secondary N) is 2. The van der Waals surface area contributed by atoms with Gasteiger partial charge in [0.25, 0.3) is 0 Å². The van der Waals surface area contributed by atoms with Gasteiger partial charge in [-0.1, -0.05) is 0 Å². The molecule has 10 heteroatoms. The lowest BCUT2D eigenvalue weighted by Gasteiger charge is -2.40. The zero-order valence-electron chi connectivity index (χ0n) is 17.8. The molecule has 1 saturated heterocycles. The molecule has 1 aromatic rings. The lowest BCUT2D eigenvalue weighted by atomic mass is 10.1. The molecule has 1 amide bonds. The molecule has 9 nitrogen and oxygen atoms in total. The zero-order valence-corrected chi connectivity index (χ0v) is 18.6. The van der Waals surface area contributed by atoms with Crippen LogP contribution in [0.4, 0.5) is 4.79 Å². The van der Waals surface area contributed by atoms with E-state index in [9.17, 15) is 4.79 Å². The van der Waals surface area contributed by atoms with Crippen LogP contribution in [0.5, 0.6) is 0 Å². The summed E-state index contributed by atoms with van der Waals surface area (Å²) >= 11 is 1.83. The second-order valence-corrected chi connectivity index (χ2v) is 8.87. The van der Waals surface area contributed by atoms with E-state index < -0.39 is 5.60 Å². The molecular formula is C18H33N7O2S. The predicted molar refractivity (Wildman–Crippen MR) is 113 cm³/mol. The van der Waals surface area contributed by atoms with Crippen LogP contribution in [0.2, 0.25) is 0 Å². The summed E-state index contributed by atoms with van der Waals surface area (Å²) in [7, 11) is 1.93. The van der Waals surface area contributed by atoms with Crippen molar-refractivity contribution in [1.82, 2.24) is 30.3 Å². The summed E-state index contributed by atoms with van der Waals surface area (Å²) in [5.74, 6) is 3.50. The number of aryl methyl sites for hydroxylation is 1. The highest BCUT2D eigenvalue weighted by atomic mass is 32.2. The Labute approximate surface area is 171 Å². The van der Waals surface area contributed by atoms with Crippen LogP contribution in [0, 0.1) is 6.92 Å². The predicted octanol–water partition coefficient (Wildman–Crippen LogP) is 1.53. The second-order valence-electron chi connectivity index (χ2n) is 7.89. The number of likely N-dealkylation sites (tertiary alicyclic amines) is 1. The minimum absolute atomic E-state index is 0.153. The van der Waals surface area contributed by atoms with Gasteiger partial charge in [0.1, 0.15) is 18.0 Å². The van der Waals surface area contributed by atoms with Crippen LogP contribution in [0.15, 0.2) is 4.99 Å². The molecule has 2 rings (SSSR count). The van der Waals surface area contributed by atoms with Crippen molar-refractivity contribution in [2.45, 2.75) is 52.3 Å². The number of carbonyl (C=O) groups excluding carboxylic acids is 1. The highest BCUT2D eigenvalue weighted by Gasteiger charge is 2.34. The average molecular weight is 412 g/mol. The number of aliphatic imine (C=N–C) groups is 1. The van der Waals surface area contributed by atoms with E-state index in [0.29, 0.717) is 19.6 Å². The summed E-state index contributed by atoms with van der Waals surface area (Å²) in [6.07, 6.45) is 2.88. The Balaban J connectivity index is 1.88. The molecule has 0 aliphatic carbocycles. The van der Waals surface area contributed by atoms with E-state index in [4.69, 9.17) is 4.74 Å². The van der Waals surface area contributed by atoms with Crippen molar-refractivity contribution in [3.8, 4) is 0 Å². The minimum Gasteiger partial charge on any atom is -0.444 e. The van der Waals surface area contributed by atoms with Crippen LogP contribution in [-0.2, 0) is 18.3 Å². The first-order chi connectivity index (χ1) is 13.2. The van der Waals surface area contributed by atoms with Crippen molar-refractivity contribution in [2.24, 2.45) is 12.0 Å². The zero-order chi connectivity index (χ0) is 20.7. The minimum atomic E-state index is -0.477. The van der Waals surface area contributed by atoms with Gasteiger partial charge in [-0.15, -0.1) is 10.2 Å². The van der Waals surface area contributed by atoms with Crippen molar-refractivity contribution in [3.05, 3.63) is 11.6 Å². The quantitative estimate of drug-likeness (QED) is 0.399. The van der Waals surface area contributed by atoms with E-state index in [1.807, 2.05) is 51.1 Å². The number of hydrogen-bond acceptors (Lipinski definition) is 6. The molecule has 0 radical (unpaired) electrons. The van der Waals surface area contributed by atoms with Crippen molar-refractivity contribution in [1.29, 1.82) is 0 Å². The Kier molecular flexibility index (Phi) is 7.97. The molecule has 0 aromatic carbocycles. The Morgan fingerprint density at radius 3 is 2.64 bits per heavy atom. The number of aromatic nitrogens is 3. The van der Waals surface area contributed by atoms with E-state index in [-0.39, 0.29) is 12.1 Å². The van der Waals surface area contributed by atoms with Gasteiger partial charge in [-0.3, -0.25) is 0 Å². The van der Waals surface area contributed by atoms with Crippen molar-refractivity contribution in [3.63, 3.8) is 0 Å². The summed E-state index contributed by atoms with van der Waals surface area (Å²) < 4.78 is 7.33. The highest BCUT2D eigenvalue weighted by Crippen LogP contribution is 2.15. The first-order valence-corrected chi connectivity index (χ1v) is 11.0. The largest absolute Gasteiger partial charge is 0.444 e. The van der Waals surface area contributed by atoms with Gasteiger partial charge in [0.15, 0.2) is 11.8 Å². The number of ether oxygens (including phenoxy) is 1. The Morgan fingerprint density at radius 1 is 1.36 bits per heavy atom. The molecule has 0 bridgehead atoms. The van der Waals surface area contributed by atoms with Gasteiger partial charge in [0, 0.05) is 26.7 Å². The van der Waals surface area contributed by atoms with E-state index in [0.717, 1.165) is 36.3 Å². The van der Waals surface area contributed by atoms with Crippen LogP contribution in [0.1, 0.15) is 38.8 Å². The lowest BCUT2D eigenvalue weighted by molar-refractivity contribution is 0.00700. The molecule has 1 aliphatic rings. The van der Waals surface area contributed by atoms with Crippen molar-refractivity contribution < 1.29 is 9.53 Å². The molecule has 0 atom stereocenters.